The summed E-state index contributed by atoms with van der Waals surface area (Å²) in [7, 11) is 0. The number of amides is 1. The standard InChI is InChI=1S/C16H14Br3NO/c17-8-1-9-20-16(21)15-10-13(19)6-7-14(15)11-2-4-12(18)5-3-11/h2-7,10H,1,8-9H2,(H,20,21). The molecule has 0 fully saturated rings. The Kier molecular flexibility index (Phi) is 6.45. The van der Waals surface area contributed by atoms with Gasteiger partial charge in [-0.2, -0.15) is 0 Å². The predicted octanol–water partition coefficient (Wildman–Crippen LogP) is 5.39. The van der Waals surface area contributed by atoms with E-state index in [1.165, 1.54) is 0 Å². The minimum Gasteiger partial charge on any atom is -0.352 e. The molecule has 0 radical (unpaired) electrons. The highest BCUT2D eigenvalue weighted by molar-refractivity contribution is 9.10. The molecule has 0 aromatic heterocycles. The third kappa shape index (κ3) is 4.66. The first-order valence-electron chi connectivity index (χ1n) is 6.51. The number of rotatable bonds is 5. The number of halogens is 3. The Hall–Kier alpha value is -0.650. The minimum absolute atomic E-state index is 0.0461. The second-order valence-corrected chi connectivity index (χ2v) is 7.12. The van der Waals surface area contributed by atoms with Crippen LogP contribution in [-0.4, -0.2) is 17.8 Å². The lowest BCUT2D eigenvalue weighted by atomic mass is 9.99. The lowest BCUT2D eigenvalue weighted by Crippen LogP contribution is -2.25. The van der Waals surface area contributed by atoms with Gasteiger partial charge in [0.05, 0.1) is 0 Å². The van der Waals surface area contributed by atoms with Gasteiger partial charge in [-0.25, -0.2) is 0 Å². The molecule has 0 aliphatic carbocycles. The Morgan fingerprint density at radius 2 is 1.67 bits per heavy atom. The zero-order chi connectivity index (χ0) is 15.2. The van der Waals surface area contributed by atoms with Crippen LogP contribution in [0, 0.1) is 0 Å². The van der Waals surface area contributed by atoms with Crippen LogP contribution >= 0.6 is 47.8 Å². The van der Waals surface area contributed by atoms with Crippen LogP contribution in [0.15, 0.2) is 51.4 Å². The smallest absolute Gasteiger partial charge is 0.251 e. The van der Waals surface area contributed by atoms with E-state index in [0.717, 1.165) is 31.8 Å². The monoisotopic (exact) mass is 473 g/mol. The molecule has 0 aliphatic rings. The minimum atomic E-state index is -0.0461. The van der Waals surface area contributed by atoms with E-state index in [0.29, 0.717) is 12.1 Å². The quantitative estimate of drug-likeness (QED) is 0.455. The van der Waals surface area contributed by atoms with Crippen molar-refractivity contribution in [2.75, 3.05) is 11.9 Å². The maximum Gasteiger partial charge on any atom is 0.251 e. The van der Waals surface area contributed by atoms with E-state index in [1.807, 2.05) is 42.5 Å². The van der Waals surface area contributed by atoms with Crippen molar-refractivity contribution >= 4 is 53.7 Å². The molecule has 110 valence electrons. The molecule has 5 heteroatoms. The Labute approximate surface area is 149 Å². The first kappa shape index (κ1) is 16.7. The van der Waals surface area contributed by atoms with Gasteiger partial charge in [-0.1, -0.05) is 66.0 Å². The van der Waals surface area contributed by atoms with Gasteiger partial charge in [0.15, 0.2) is 0 Å². The van der Waals surface area contributed by atoms with Gasteiger partial charge in [-0.15, -0.1) is 0 Å². The summed E-state index contributed by atoms with van der Waals surface area (Å²) in [5, 5.41) is 3.83. The highest BCUT2D eigenvalue weighted by Gasteiger charge is 2.13. The molecule has 0 bridgehead atoms. The van der Waals surface area contributed by atoms with Crippen molar-refractivity contribution in [3.05, 3.63) is 57.0 Å². The van der Waals surface area contributed by atoms with Gasteiger partial charge in [0.1, 0.15) is 0 Å². The van der Waals surface area contributed by atoms with Crippen molar-refractivity contribution in [3.63, 3.8) is 0 Å². The normalized spacial score (nSPS) is 10.4. The van der Waals surface area contributed by atoms with Gasteiger partial charge < -0.3 is 5.32 Å². The number of hydrogen-bond donors (Lipinski definition) is 1. The van der Waals surface area contributed by atoms with Gasteiger partial charge in [0.25, 0.3) is 5.91 Å². The first-order valence-corrected chi connectivity index (χ1v) is 9.22. The molecule has 2 rings (SSSR count). The van der Waals surface area contributed by atoms with Crippen LogP contribution in [0.3, 0.4) is 0 Å². The molecule has 1 N–H and O–H groups in total. The van der Waals surface area contributed by atoms with Crippen LogP contribution in [0.5, 0.6) is 0 Å². The summed E-state index contributed by atoms with van der Waals surface area (Å²) >= 11 is 10.2. The van der Waals surface area contributed by atoms with Crippen molar-refractivity contribution < 1.29 is 4.79 Å². The highest BCUT2D eigenvalue weighted by atomic mass is 79.9. The van der Waals surface area contributed by atoms with Gasteiger partial charge in [0.2, 0.25) is 0 Å². The summed E-state index contributed by atoms with van der Waals surface area (Å²) < 4.78 is 1.92. The molecule has 21 heavy (non-hydrogen) atoms. The summed E-state index contributed by atoms with van der Waals surface area (Å²) in [4.78, 5) is 12.4. The zero-order valence-corrected chi connectivity index (χ0v) is 16.0. The molecule has 0 aliphatic heterocycles. The van der Waals surface area contributed by atoms with Gasteiger partial charge >= 0.3 is 0 Å². The van der Waals surface area contributed by atoms with E-state index in [9.17, 15) is 4.79 Å². The third-order valence-electron chi connectivity index (χ3n) is 2.98. The van der Waals surface area contributed by atoms with Crippen LogP contribution in [0.1, 0.15) is 16.8 Å². The van der Waals surface area contributed by atoms with E-state index in [1.54, 1.807) is 0 Å². The van der Waals surface area contributed by atoms with Crippen LogP contribution in [0.4, 0.5) is 0 Å². The number of alkyl halides is 1. The van der Waals surface area contributed by atoms with Gasteiger partial charge in [-0.3, -0.25) is 4.79 Å². The SMILES string of the molecule is O=C(NCCCBr)c1cc(Br)ccc1-c1ccc(Br)cc1. The number of carbonyl (C=O) groups is 1. The average molecular weight is 476 g/mol. The molecule has 0 saturated carbocycles. The van der Waals surface area contributed by atoms with E-state index in [-0.39, 0.29) is 5.91 Å². The molecule has 2 aromatic carbocycles. The summed E-state index contributed by atoms with van der Waals surface area (Å²) in [6.07, 6.45) is 0.910. The number of benzene rings is 2. The Bertz CT molecular complexity index is 626. The molecule has 0 saturated heterocycles. The van der Waals surface area contributed by atoms with Crippen LogP contribution in [0.2, 0.25) is 0 Å². The van der Waals surface area contributed by atoms with Crippen molar-refractivity contribution in [1.29, 1.82) is 0 Å². The van der Waals surface area contributed by atoms with Crippen molar-refractivity contribution in [1.82, 2.24) is 5.32 Å². The molecule has 0 heterocycles. The lowest BCUT2D eigenvalue weighted by Gasteiger charge is -2.11. The van der Waals surface area contributed by atoms with Crippen LogP contribution in [-0.2, 0) is 0 Å². The Balaban J connectivity index is 2.33. The van der Waals surface area contributed by atoms with Gasteiger partial charge in [0, 0.05) is 26.4 Å². The Morgan fingerprint density at radius 1 is 1.00 bits per heavy atom. The maximum atomic E-state index is 12.4. The van der Waals surface area contributed by atoms with E-state index in [2.05, 4.69) is 53.1 Å². The van der Waals surface area contributed by atoms with E-state index in [4.69, 9.17) is 0 Å². The molecule has 0 spiro atoms. The maximum absolute atomic E-state index is 12.4. The molecule has 1 amide bonds. The molecule has 0 unspecified atom stereocenters. The first-order chi connectivity index (χ1) is 10.1. The van der Waals surface area contributed by atoms with E-state index < -0.39 is 0 Å². The molecule has 2 aromatic rings. The van der Waals surface area contributed by atoms with Gasteiger partial charge in [-0.05, 0) is 41.8 Å². The van der Waals surface area contributed by atoms with Crippen molar-refractivity contribution in [2.24, 2.45) is 0 Å². The predicted molar refractivity (Wildman–Crippen MR) is 98.0 cm³/mol. The number of hydrogen-bond acceptors (Lipinski definition) is 1. The third-order valence-corrected chi connectivity index (χ3v) is 4.56. The zero-order valence-electron chi connectivity index (χ0n) is 11.2. The summed E-state index contributed by atoms with van der Waals surface area (Å²) in [5.41, 5.74) is 2.64. The van der Waals surface area contributed by atoms with Crippen LogP contribution in [0.25, 0.3) is 11.1 Å². The summed E-state index contributed by atoms with van der Waals surface area (Å²) in [6, 6.07) is 13.7. The van der Waals surface area contributed by atoms with Crippen molar-refractivity contribution in [2.45, 2.75) is 6.42 Å². The highest BCUT2D eigenvalue weighted by Crippen LogP contribution is 2.28. The fourth-order valence-electron chi connectivity index (χ4n) is 1.95. The average Bonchev–Trinajstić information content (AvgIpc) is 2.48. The Morgan fingerprint density at radius 3 is 2.33 bits per heavy atom. The summed E-state index contributed by atoms with van der Waals surface area (Å²) in [6.45, 7) is 0.663. The molecular formula is C16H14Br3NO. The molecule has 0 atom stereocenters. The number of nitrogens with one attached hydrogen (secondary N) is 1. The fraction of sp³-hybridized carbons (Fsp3) is 0.188. The molecule has 2 nitrogen and oxygen atoms in total. The lowest BCUT2D eigenvalue weighted by molar-refractivity contribution is 0.0954. The topological polar surface area (TPSA) is 29.1 Å². The summed E-state index contributed by atoms with van der Waals surface area (Å²) in [5.74, 6) is -0.0461. The number of carbonyl (C=O) groups excluding carboxylic acids is 1. The largest absolute Gasteiger partial charge is 0.352 e. The second-order valence-electron chi connectivity index (χ2n) is 4.50. The van der Waals surface area contributed by atoms with E-state index >= 15 is 0 Å². The fourth-order valence-corrected chi connectivity index (χ4v) is 2.86. The van der Waals surface area contributed by atoms with Crippen LogP contribution < -0.4 is 5.32 Å². The molecular weight excluding hydrogens is 462 g/mol. The second kappa shape index (κ2) is 8.11. The van der Waals surface area contributed by atoms with Crippen molar-refractivity contribution in [3.8, 4) is 11.1 Å².